The average Bonchev–Trinajstić information content (AvgIpc) is 2.42. The second kappa shape index (κ2) is 5.54. The van der Waals surface area contributed by atoms with Gasteiger partial charge in [0.15, 0.2) is 0 Å². The van der Waals surface area contributed by atoms with Crippen LogP contribution in [0.3, 0.4) is 0 Å². The molecule has 2 rings (SSSR count). The Morgan fingerprint density at radius 2 is 2.16 bits per heavy atom. The van der Waals surface area contributed by atoms with Crippen molar-refractivity contribution < 1.29 is 13.6 Å². The molecule has 0 N–H and O–H groups in total. The molecule has 1 aliphatic heterocycles. The number of benzene rings is 1. The van der Waals surface area contributed by atoms with Gasteiger partial charge in [-0.3, -0.25) is 4.79 Å². The Morgan fingerprint density at radius 1 is 1.42 bits per heavy atom. The number of rotatable bonds is 1. The molecule has 1 amide bonds. The summed E-state index contributed by atoms with van der Waals surface area (Å²) in [5.74, 6) is -2.54. The topological polar surface area (TPSA) is 44.1 Å². The number of piperidine rings is 1. The van der Waals surface area contributed by atoms with E-state index in [0.29, 0.717) is 13.0 Å². The minimum absolute atomic E-state index is 0.249. The standard InChI is InChI=1S/C13H11ClF2N2O/c14-10-5-11(15)9(4-12(10)16)13(19)18-3-1-2-8(6-17)7-18/h4-5,8H,1-3,7H2. The van der Waals surface area contributed by atoms with Crippen molar-refractivity contribution in [3.05, 3.63) is 34.4 Å². The van der Waals surface area contributed by atoms with E-state index in [2.05, 4.69) is 6.07 Å². The fourth-order valence-electron chi connectivity index (χ4n) is 2.12. The number of halogens is 3. The molecule has 1 atom stereocenters. The molecule has 0 aliphatic carbocycles. The molecule has 0 radical (unpaired) electrons. The number of hydrogen-bond donors (Lipinski definition) is 0. The Kier molecular flexibility index (Phi) is 4.01. The van der Waals surface area contributed by atoms with Crippen molar-refractivity contribution in [1.82, 2.24) is 4.90 Å². The van der Waals surface area contributed by atoms with Gasteiger partial charge in [0.25, 0.3) is 5.91 Å². The second-order valence-corrected chi connectivity index (χ2v) is 4.87. The Morgan fingerprint density at radius 3 is 2.84 bits per heavy atom. The van der Waals surface area contributed by atoms with Crippen LogP contribution < -0.4 is 0 Å². The minimum Gasteiger partial charge on any atom is -0.337 e. The van der Waals surface area contributed by atoms with Gasteiger partial charge in [0, 0.05) is 13.1 Å². The van der Waals surface area contributed by atoms with Crippen LogP contribution in [0.25, 0.3) is 0 Å². The van der Waals surface area contributed by atoms with Crippen LogP contribution in [0.15, 0.2) is 12.1 Å². The summed E-state index contributed by atoms with van der Waals surface area (Å²) >= 11 is 5.44. The maximum absolute atomic E-state index is 13.7. The van der Waals surface area contributed by atoms with Crippen LogP contribution in [0.1, 0.15) is 23.2 Å². The molecular weight excluding hydrogens is 274 g/mol. The predicted octanol–water partition coefficient (Wildman–Crippen LogP) is 2.99. The van der Waals surface area contributed by atoms with E-state index in [1.54, 1.807) is 0 Å². The first-order valence-corrected chi connectivity index (χ1v) is 6.24. The molecule has 0 spiro atoms. The highest BCUT2D eigenvalue weighted by Gasteiger charge is 2.26. The van der Waals surface area contributed by atoms with Crippen LogP contribution >= 0.6 is 11.6 Å². The molecule has 1 aromatic carbocycles. The summed E-state index contributed by atoms with van der Waals surface area (Å²) in [6, 6.07) is 3.68. The van der Waals surface area contributed by atoms with E-state index in [-0.39, 0.29) is 23.0 Å². The van der Waals surface area contributed by atoms with E-state index in [9.17, 15) is 13.6 Å². The van der Waals surface area contributed by atoms with Crippen LogP contribution in [0, 0.1) is 28.9 Å². The lowest BCUT2D eigenvalue weighted by molar-refractivity contribution is 0.0693. The monoisotopic (exact) mass is 284 g/mol. The van der Waals surface area contributed by atoms with Crippen LogP contribution in [0.4, 0.5) is 8.78 Å². The highest BCUT2D eigenvalue weighted by Crippen LogP contribution is 2.23. The molecule has 0 bridgehead atoms. The molecule has 1 aliphatic rings. The first-order chi connectivity index (χ1) is 9.02. The molecule has 0 saturated carbocycles. The normalized spacial score (nSPS) is 19.1. The number of carbonyl (C=O) groups excluding carboxylic acids is 1. The Hall–Kier alpha value is -1.67. The van der Waals surface area contributed by atoms with Gasteiger partial charge in [-0.15, -0.1) is 0 Å². The van der Waals surface area contributed by atoms with Crippen molar-refractivity contribution in [2.24, 2.45) is 5.92 Å². The largest absolute Gasteiger partial charge is 0.337 e. The third-order valence-electron chi connectivity index (χ3n) is 3.13. The van der Waals surface area contributed by atoms with Crippen molar-refractivity contribution in [2.75, 3.05) is 13.1 Å². The number of carbonyl (C=O) groups is 1. The molecule has 1 aromatic rings. The number of likely N-dealkylation sites (tertiary alicyclic amines) is 1. The van der Waals surface area contributed by atoms with E-state index in [0.717, 1.165) is 18.6 Å². The van der Waals surface area contributed by atoms with Gasteiger partial charge < -0.3 is 4.90 Å². The zero-order valence-electron chi connectivity index (χ0n) is 10.00. The van der Waals surface area contributed by atoms with Crippen molar-refractivity contribution in [1.29, 1.82) is 5.26 Å². The number of amides is 1. The fourth-order valence-corrected chi connectivity index (χ4v) is 2.27. The summed E-state index contributed by atoms with van der Waals surface area (Å²) in [6.45, 7) is 0.694. The quantitative estimate of drug-likeness (QED) is 0.744. The van der Waals surface area contributed by atoms with Gasteiger partial charge in [-0.05, 0) is 25.0 Å². The summed E-state index contributed by atoms with van der Waals surface area (Å²) in [5.41, 5.74) is -0.347. The molecule has 1 saturated heterocycles. The summed E-state index contributed by atoms with van der Waals surface area (Å²) in [7, 11) is 0. The zero-order chi connectivity index (χ0) is 14.0. The summed E-state index contributed by atoms with van der Waals surface area (Å²) in [6.07, 6.45) is 1.40. The first kappa shape index (κ1) is 13.8. The molecule has 0 aromatic heterocycles. The van der Waals surface area contributed by atoms with Crippen LogP contribution in [-0.2, 0) is 0 Å². The summed E-state index contributed by atoms with van der Waals surface area (Å²) in [5, 5.41) is 8.50. The lowest BCUT2D eigenvalue weighted by Crippen LogP contribution is -2.39. The van der Waals surface area contributed by atoms with Gasteiger partial charge in [-0.2, -0.15) is 5.26 Å². The smallest absolute Gasteiger partial charge is 0.256 e. The van der Waals surface area contributed by atoms with Crippen molar-refractivity contribution >= 4 is 17.5 Å². The van der Waals surface area contributed by atoms with Gasteiger partial charge in [0.05, 0.1) is 22.6 Å². The fraction of sp³-hybridized carbons (Fsp3) is 0.385. The minimum atomic E-state index is -0.851. The summed E-state index contributed by atoms with van der Waals surface area (Å²) in [4.78, 5) is 13.5. The van der Waals surface area contributed by atoms with E-state index >= 15 is 0 Å². The van der Waals surface area contributed by atoms with Crippen LogP contribution in [-0.4, -0.2) is 23.9 Å². The van der Waals surface area contributed by atoms with Crippen LogP contribution in [0.5, 0.6) is 0 Å². The van der Waals surface area contributed by atoms with Crippen molar-refractivity contribution in [3.8, 4) is 6.07 Å². The maximum Gasteiger partial charge on any atom is 0.256 e. The van der Waals surface area contributed by atoms with Crippen molar-refractivity contribution in [3.63, 3.8) is 0 Å². The highest BCUT2D eigenvalue weighted by molar-refractivity contribution is 6.30. The van der Waals surface area contributed by atoms with E-state index < -0.39 is 17.5 Å². The Balaban J connectivity index is 2.25. The third-order valence-corrected chi connectivity index (χ3v) is 3.42. The molecule has 1 fully saturated rings. The van der Waals surface area contributed by atoms with Crippen LogP contribution in [0.2, 0.25) is 5.02 Å². The molecule has 1 heterocycles. The summed E-state index contributed by atoms with van der Waals surface area (Å²) < 4.78 is 27.0. The van der Waals surface area contributed by atoms with Crippen molar-refractivity contribution in [2.45, 2.75) is 12.8 Å². The number of nitrogens with zero attached hydrogens (tertiary/aromatic N) is 2. The van der Waals surface area contributed by atoms with Gasteiger partial charge in [0.2, 0.25) is 0 Å². The molecule has 3 nitrogen and oxygen atoms in total. The zero-order valence-corrected chi connectivity index (χ0v) is 10.8. The van der Waals surface area contributed by atoms with Gasteiger partial charge in [-0.1, -0.05) is 11.6 Å². The SMILES string of the molecule is N#CC1CCCN(C(=O)c2cc(F)c(Cl)cc2F)C1. The highest BCUT2D eigenvalue weighted by atomic mass is 35.5. The lowest BCUT2D eigenvalue weighted by atomic mass is 9.99. The van der Waals surface area contributed by atoms with Gasteiger partial charge in [-0.25, -0.2) is 8.78 Å². The van der Waals surface area contributed by atoms with Gasteiger partial charge in [0.1, 0.15) is 11.6 Å². The van der Waals surface area contributed by atoms with E-state index in [4.69, 9.17) is 16.9 Å². The maximum atomic E-state index is 13.7. The third kappa shape index (κ3) is 2.85. The first-order valence-electron chi connectivity index (χ1n) is 5.86. The molecule has 1 unspecified atom stereocenters. The number of nitriles is 1. The van der Waals surface area contributed by atoms with E-state index in [1.807, 2.05) is 0 Å². The molecule has 6 heteroatoms. The Bertz CT molecular complexity index is 556. The van der Waals surface area contributed by atoms with E-state index in [1.165, 1.54) is 4.90 Å². The second-order valence-electron chi connectivity index (χ2n) is 4.47. The molecule has 19 heavy (non-hydrogen) atoms. The predicted molar refractivity (Wildman–Crippen MR) is 65.6 cm³/mol. The molecular formula is C13H11ClF2N2O. The molecule has 100 valence electrons. The number of hydrogen-bond acceptors (Lipinski definition) is 2. The van der Waals surface area contributed by atoms with Gasteiger partial charge >= 0.3 is 0 Å². The Labute approximate surface area is 114 Å². The lowest BCUT2D eigenvalue weighted by Gasteiger charge is -2.29. The average molecular weight is 285 g/mol.